The van der Waals surface area contributed by atoms with Crippen LogP contribution in [-0.2, 0) is 6.42 Å². The van der Waals surface area contributed by atoms with Gasteiger partial charge in [0.05, 0.1) is 10.7 Å². The average Bonchev–Trinajstić information content (AvgIpc) is 2.98. The number of carbonyl (C=O) groups is 2. The molecule has 8 heteroatoms. The van der Waals surface area contributed by atoms with E-state index in [1.54, 1.807) is 43.3 Å². The van der Waals surface area contributed by atoms with Crippen LogP contribution in [0.25, 0.3) is 0 Å². The van der Waals surface area contributed by atoms with Crippen LogP contribution in [-0.4, -0.2) is 16.9 Å². The summed E-state index contributed by atoms with van der Waals surface area (Å²) in [5.74, 6) is -0.544. The van der Waals surface area contributed by atoms with Crippen molar-refractivity contribution in [2.24, 2.45) is 5.73 Å². The molecule has 27 heavy (non-hydrogen) atoms. The van der Waals surface area contributed by atoms with Gasteiger partial charge in [0.1, 0.15) is 10.7 Å². The van der Waals surface area contributed by atoms with Gasteiger partial charge in [-0.3, -0.25) is 4.79 Å². The Hall–Kier alpha value is -3.26. The van der Waals surface area contributed by atoms with Gasteiger partial charge in [0.25, 0.3) is 5.91 Å². The molecule has 3 aromatic rings. The fourth-order valence-corrected chi connectivity index (χ4v) is 3.48. The van der Waals surface area contributed by atoms with Crippen LogP contribution in [0.1, 0.15) is 25.9 Å². The number of anilines is 2. The maximum atomic E-state index is 13.0. The molecule has 0 saturated carbocycles. The highest BCUT2D eigenvalue weighted by molar-refractivity contribution is 7.14. The minimum atomic E-state index is -0.652. The average molecular weight is 384 g/mol. The fourth-order valence-electron chi connectivity index (χ4n) is 2.48. The lowest BCUT2D eigenvalue weighted by atomic mass is 10.1. The van der Waals surface area contributed by atoms with E-state index in [2.05, 4.69) is 15.6 Å². The van der Waals surface area contributed by atoms with Crippen LogP contribution >= 0.6 is 11.3 Å². The number of aromatic nitrogens is 1. The second-order valence-electron chi connectivity index (χ2n) is 5.85. The van der Waals surface area contributed by atoms with E-state index in [1.807, 2.05) is 0 Å². The van der Waals surface area contributed by atoms with E-state index in [9.17, 15) is 14.0 Å². The molecule has 0 fully saturated rings. The van der Waals surface area contributed by atoms with Crippen LogP contribution in [0.15, 0.2) is 48.5 Å². The molecular formula is C19H17FN4O2S. The number of nitrogens with zero attached hydrogens (tertiary/aromatic N) is 1. The van der Waals surface area contributed by atoms with Crippen molar-refractivity contribution in [2.75, 3.05) is 10.6 Å². The van der Waals surface area contributed by atoms with Crippen molar-refractivity contribution in [3.05, 3.63) is 75.5 Å². The zero-order valence-electron chi connectivity index (χ0n) is 14.5. The smallest absolute Gasteiger partial charge is 0.316 e. The summed E-state index contributed by atoms with van der Waals surface area (Å²) >= 11 is 1.31. The number of carbonyl (C=O) groups excluding carboxylic acids is 2. The van der Waals surface area contributed by atoms with Gasteiger partial charge in [-0.15, -0.1) is 11.3 Å². The van der Waals surface area contributed by atoms with Gasteiger partial charge in [0.15, 0.2) is 0 Å². The number of hydrogen-bond acceptors (Lipinski definition) is 4. The number of thiazole rings is 1. The van der Waals surface area contributed by atoms with Crippen molar-refractivity contribution in [1.29, 1.82) is 0 Å². The quantitative estimate of drug-likeness (QED) is 0.622. The second kappa shape index (κ2) is 7.96. The number of halogens is 1. The molecule has 138 valence electrons. The van der Waals surface area contributed by atoms with Gasteiger partial charge >= 0.3 is 6.03 Å². The van der Waals surface area contributed by atoms with E-state index >= 15 is 0 Å². The molecule has 0 bridgehead atoms. The normalized spacial score (nSPS) is 10.4. The SMILES string of the molecule is Cc1nc(Cc2ccc(F)cc2)sc1C(=O)Nc1ccc(NC(N)=O)cc1. The highest BCUT2D eigenvalue weighted by Gasteiger charge is 2.16. The zero-order valence-corrected chi connectivity index (χ0v) is 15.3. The number of nitrogens with two attached hydrogens (primary N) is 1. The molecule has 0 aliphatic carbocycles. The first kappa shape index (κ1) is 18.5. The largest absolute Gasteiger partial charge is 0.351 e. The van der Waals surface area contributed by atoms with E-state index in [0.29, 0.717) is 28.4 Å². The van der Waals surface area contributed by atoms with E-state index < -0.39 is 6.03 Å². The Balaban J connectivity index is 1.68. The third-order valence-corrected chi connectivity index (χ3v) is 4.88. The van der Waals surface area contributed by atoms with Gasteiger partial charge < -0.3 is 16.4 Å². The highest BCUT2D eigenvalue weighted by Crippen LogP contribution is 2.23. The van der Waals surface area contributed by atoms with Crippen molar-refractivity contribution in [3.63, 3.8) is 0 Å². The van der Waals surface area contributed by atoms with Crippen molar-refractivity contribution in [2.45, 2.75) is 13.3 Å². The lowest BCUT2D eigenvalue weighted by Crippen LogP contribution is -2.19. The number of nitrogens with one attached hydrogen (secondary N) is 2. The van der Waals surface area contributed by atoms with Gasteiger partial charge in [-0.1, -0.05) is 12.1 Å². The van der Waals surface area contributed by atoms with Gasteiger partial charge in [-0.05, 0) is 48.9 Å². The third kappa shape index (κ3) is 4.89. The molecule has 1 heterocycles. The number of benzene rings is 2. The minimum absolute atomic E-state index is 0.258. The Bertz CT molecular complexity index is 968. The van der Waals surface area contributed by atoms with Crippen LogP contribution in [0.3, 0.4) is 0 Å². The van der Waals surface area contributed by atoms with E-state index in [4.69, 9.17) is 5.73 Å². The highest BCUT2D eigenvalue weighted by atomic mass is 32.1. The topological polar surface area (TPSA) is 97.1 Å². The second-order valence-corrected chi connectivity index (χ2v) is 6.93. The molecule has 2 aromatic carbocycles. The summed E-state index contributed by atoms with van der Waals surface area (Å²) in [7, 11) is 0. The molecule has 0 spiro atoms. The van der Waals surface area contributed by atoms with Crippen molar-refractivity contribution < 1.29 is 14.0 Å². The van der Waals surface area contributed by atoms with Crippen LogP contribution < -0.4 is 16.4 Å². The Kier molecular flexibility index (Phi) is 5.46. The standard InChI is InChI=1S/C19H17FN4O2S/c1-11-17(27-16(22-11)10-12-2-4-13(20)5-3-12)18(25)23-14-6-8-15(9-7-14)24-19(21)26/h2-9H,10H2,1H3,(H,23,25)(H3,21,24,26). The Morgan fingerprint density at radius 3 is 2.22 bits per heavy atom. The minimum Gasteiger partial charge on any atom is -0.351 e. The summed E-state index contributed by atoms with van der Waals surface area (Å²) in [6.07, 6.45) is 0.534. The molecule has 3 amide bonds. The summed E-state index contributed by atoms with van der Waals surface area (Å²) in [4.78, 5) is 28.3. The predicted octanol–water partition coefficient (Wildman–Crippen LogP) is 3.92. The summed E-state index contributed by atoms with van der Waals surface area (Å²) in [6.45, 7) is 1.78. The van der Waals surface area contributed by atoms with Crippen molar-refractivity contribution in [1.82, 2.24) is 4.98 Å². The van der Waals surface area contributed by atoms with E-state index in [0.717, 1.165) is 10.6 Å². The van der Waals surface area contributed by atoms with Crippen LogP contribution in [0, 0.1) is 12.7 Å². The molecule has 0 atom stereocenters. The number of aryl methyl sites for hydroxylation is 1. The maximum absolute atomic E-state index is 13.0. The number of amides is 3. The lowest BCUT2D eigenvalue weighted by Gasteiger charge is -2.06. The third-order valence-electron chi connectivity index (χ3n) is 3.73. The van der Waals surface area contributed by atoms with Gasteiger partial charge in [0, 0.05) is 17.8 Å². The predicted molar refractivity (Wildman–Crippen MR) is 104 cm³/mol. The molecule has 4 N–H and O–H groups in total. The first-order valence-electron chi connectivity index (χ1n) is 8.09. The first-order valence-corrected chi connectivity index (χ1v) is 8.91. The molecular weight excluding hydrogens is 367 g/mol. The molecule has 6 nitrogen and oxygen atoms in total. The van der Waals surface area contributed by atoms with Crippen molar-refractivity contribution >= 4 is 34.6 Å². The number of rotatable bonds is 5. The zero-order chi connectivity index (χ0) is 19.4. The van der Waals surface area contributed by atoms with Crippen LogP contribution in [0.4, 0.5) is 20.6 Å². The van der Waals surface area contributed by atoms with Gasteiger partial charge in [0.2, 0.25) is 0 Å². The molecule has 0 aliphatic rings. The molecule has 0 aliphatic heterocycles. The molecule has 1 aromatic heterocycles. The molecule has 0 saturated heterocycles. The molecule has 0 unspecified atom stereocenters. The number of hydrogen-bond donors (Lipinski definition) is 3. The van der Waals surface area contributed by atoms with E-state index in [1.165, 1.54) is 23.5 Å². The molecule has 3 rings (SSSR count). The van der Waals surface area contributed by atoms with Crippen LogP contribution in [0.2, 0.25) is 0 Å². The lowest BCUT2D eigenvalue weighted by molar-refractivity contribution is 0.103. The maximum Gasteiger partial charge on any atom is 0.316 e. The van der Waals surface area contributed by atoms with E-state index in [-0.39, 0.29) is 11.7 Å². The summed E-state index contributed by atoms with van der Waals surface area (Å²) < 4.78 is 13.0. The Morgan fingerprint density at radius 2 is 1.63 bits per heavy atom. The Labute approximate surface area is 159 Å². The number of urea groups is 1. The first-order chi connectivity index (χ1) is 12.9. The Morgan fingerprint density at radius 1 is 1.04 bits per heavy atom. The van der Waals surface area contributed by atoms with Gasteiger partial charge in [-0.2, -0.15) is 0 Å². The monoisotopic (exact) mass is 384 g/mol. The van der Waals surface area contributed by atoms with Crippen molar-refractivity contribution in [3.8, 4) is 0 Å². The van der Waals surface area contributed by atoms with Crippen LogP contribution in [0.5, 0.6) is 0 Å². The summed E-state index contributed by atoms with van der Waals surface area (Å²) in [5.41, 5.74) is 7.75. The summed E-state index contributed by atoms with van der Waals surface area (Å²) in [6, 6.07) is 12.2. The van der Waals surface area contributed by atoms with Gasteiger partial charge in [-0.25, -0.2) is 14.2 Å². The fraction of sp³-hybridized carbons (Fsp3) is 0.105. The molecule has 0 radical (unpaired) electrons. The summed E-state index contributed by atoms with van der Waals surface area (Å²) in [5, 5.41) is 6.04. The number of primary amides is 1.